The molecule has 20 heavy (non-hydrogen) atoms. The highest BCUT2D eigenvalue weighted by molar-refractivity contribution is 14.1. The van der Waals surface area contributed by atoms with Crippen LogP contribution in [-0.2, 0) is 11.2 Å². The van der Waals surface area contributed by atoms with Crippen molar-refractivity contribution in [3.63, 3.8) is 0 Å². The number of benzene rings is 2. The van der Waals surface area contributed by atoms with E-state index in [2.05, 4.69) is 27.9 Å². The summed E-state index contributed by atoms with van der Waals surface area (Å²) < 4.78 is 27.4. The first kappa shape index (κ1) is 15.2. The van der Waals surface area contributed by atoms with Crippen molar-refractivity contribution in [2.24, 2.45) is 0 Å². The van der Waals surface area contributed by atoms with E-state index in [4.69, 9.17) is 11.6 Å². The maximum Gasteiger partial charge on any atom is 0.228 e. The highest BCUT2D eigenvalue weighted by Crippen LogP contribution is 2.24. The van der Waals surface area contributed by atoms with Crippen LogP contribution in [0.1, 0.15) is 5.56 Å². The lowest BCUT2D eigenvalue weighted by molar-refractivity contribution is -0.115. The number of nitrogens with one attached hydrogen (secondary N) is 1. The lowest BCUT2D eigenvalue weighted by Gasteiger charge is -2.08. The van der Waals surface area contributed by atoms with Crippen LogP contribution in [0.2, 0.25) is 5.02 Å². The van der Waals surface area contributed by atoms with Gasteiger partial charge in [-0.1, -0.05) is 23.7 Å². The van der Waals surface area contributed by atoms with Crippen LogP contribution in [0.4, 0.5) is 14.5 Å². The topological polar surface area (TPSA) is 29.1 Å². The molecule has 0 aromatic heterocycles. The molecule has 0 heterocycles. The van der Waals surface area contributed by atoms with Gasteiger partial charge in [-0.25, -0.2) is 8.78 Å². The van der Waals surface area contributed by atoms with Crippen molar-refractivity contribution in [3.05, 3.63) is 62.2 Å². The van der Waals surface area contributed by atoms with Crippen LogP contribution in [0, 0.1) is 15.2 Å². The quantitative estimate of drug-likeness (QED) is 0.751. The molecule has 0 spiro atoms. The first-order valence-electron chi connectivity index (χ1n) is 5.65. The van der Waals surface area contributed by atoms with Crippen LogP contribution >= 0.6 is 34.2 Å². The first-order chi connectivity index (χ1) is 9.47. The lowest BCUT2D eigenvalue weighted by Crippen LogP contribution is -2.15. The van der Waals surface area contributed by atoms with Crippen LogP contribution in [0.25, 0.3) is 0 Å². The highest BCUT2D eigenvalue weighted by Gasteiger charge is 2.12. The summed E-state index contributed by atoms with van der Waals surface area (Å²) in [7, 11) is 0. The Hall–Kier alpha value is -1.21. The molecule has 0 aliphatic heterocycles. The second-order valence-electron chi connectivity index (χ2n) is 4.06. The van der Waals surface area contributed by atoms with Gasteiger partial charge in [-0.2, -0.15) is 0 Å². The Morgan fingerprint density at radius 2 is 2.00 bits per heavy atom. The van der Waals surface area contributed by atoms with Crippen LogP contribution in [-0.4, -0.2) is 5.91 Å². The Bertz CT molecular complexity index is 664. The maximum atomic E-state index is 13.5. The van der Waals surface area contributed by atoms with Crippen LogP contribution in [0.3, 0.4) is 0 Å². The van der Waals surface area contributed by atoms with Crippen molar-refractivity contribution in [2.75, 3.05) is 5.32 Å². The minimum absolute atomic E-state index is 0.00383. The molecule has 0 aliphatic carbocycles. The standard InChI is InChI=1S/C14H9ClF2INO/c15-10-7-9(18)4-5-12(10)19-13(20)6-8-2-1-3-11(16)14(8)17/h1-5,7H,6H2,(H,19,20). The zero-order valence-electron chi connectivity index (χ0n) is 10.1. The molecule has 0 bridgehead atoms. The van der Waals surface area contributed by atoms with E-state index in [-0.39, 0.29) is 12.0 Å². The number of hydrogen-bond donors (Lipinski definition) is 1. The molecule has 0 aliphatic rings. The molecule has 0 saturated heterocycles. The Balaban J connectivity index is 2.11. The molecule has 0 atom stereocenters. The summed E-state index contributed by atoms with van der Waals surface area (Å²) in [5.41, 5.74) is 0.443. The fourth-order valence-corrected chi connectivity index (χ4v) is 2.55. The van der Waals surface area contributed by atoms with E-state index in [0.29, 0.717) is 10.7 Å². The van der Waals surface area contributed by atoms with Gasteiger partial charge in [0.15, 0.2) is 11.6 Å². The number of hydrogen-bond acceptors (Lipinski definition) is 1. The van der Waals surface area contributed by atoms with Crippen molar-refractivity contribution in [1.82, 2.24) is 0 Å². The molecule has 0 unspecified atom stereocenters. The second-order valence-corrected chi connectivity index (χ2v) is 5.71. The van der Waals surface area contributed by atoms with Crippen molar-refractivity contribution in [3.8, 4) is 0 Å². The molecule has 2 nitrogen and oxygen atoms in total. The van der Waals surface area contributed by atoms with Gasteiger partial charge >= 0.3 is 0 Å². The van der Waals surface area contributed by atoms with E-state index in [1.807, 2.05) is 0 Å². The molecule has 104 valence electrons. The van der Waals surface area contributed by atoms with E-state index in [1.54, 1.807) is 18.2 Å². The molecule has 1 N–H and O–H groups in total. The van der Waals surface area contributed by atoms with Gasteiger partial charge in [0.05, 0.1) is 17.1 Å². The van der Waals surface area contributed by atoms with Gasteiger partial charge in [0, 0.05) is 9.13 Å². The molecule has 6 heteroatoms. The summed E-state index contributed by atoms with van der Waals surface area (Å²) >= 11 is 8.07. The van der Waals surface area contributed by atoms with Gasteiger partial charge in [-0.15, -0.1) is 0 Å². The predicted octanol–water partition coefficient (Wildman–Crippen LogP) is 4.40. The van der Waals surface area contributed by atoms with Gasteiger partial charge in [0.1, 0.15) is 0 Å². The Morgan fingerprint density at radius 1 is 1.25 bits per heavy atom. The SMILES string of the molecule is O=C(Cc1cccc(F)c1F)Nc1ccc(I)cc1Cl. The Labute approximate surface area is 133 Å². The van der Waals surface area contributed by atoms with Gasteiger partial charge in [0.25, 0.3) is 0 Å². The minimum Gasteiger partial charge on any atom is -0.324 e. The van der Waals surface area contributed by atoms with Gasteiger partial charge < -0.3 is 5.32 Å². The molecule has 0 saturated carbocycles. The van der Waals surface area contributed by atoms with Gasteiger partial charge in [-0.05, 0) is 46.9 Å². The van der Waals surface area contributed by atoms with Crippen LogP contribution in [0.15, 0.2) is 36.4 Å². The number of carbonyl (C=O) groups excluding carboxylic acids is 1. The van der Waals surface area contributed by atoms with Crippen molar-refractivity contribution < 1.29 is 13.6 Å². The summed E-state index contributed by atoms with van der Waals surface area (Å²) in [5.74, 6) is -2.43. The highest BCUT2D eigenvalue weighted by atomic mass is 127. The Kier molecular flexibility index (Phi) is 4.93. The monoisotopic (exact) mass is 407 g/mol. The zero-order chi connectivity index (χ0) is 14.7. The molecule has 1 amide bonds. The summed E-state index contributed by atoms with van der Waals surface area (Å²) in [6.45, 7) is 0. The van der Waals surface area contributed by atoms with E-state index < -0.39 is 17.5 Å². The molecule has 2 rings (SSSR count). The molecule has 2 aromatic rings. The largest absolute Gasteiger partial charge is 0.324 e. The predicted molar refractivity (Wildman–Crippen MR) is 82.9 cm³/mol. The molecular formula is C14H9ClF2INO. The van der Waals surface area contributed by atoms with E-state index in [9.17, 15) is 13.6 Å². The molecule has 0 radical (unpaired) electrons. The van der Waals surface area contributed by atoms with Crippen LogP contribution in [0.5, 0.6) is 0 Å². The van der Waals surface area contributed by atoms with Crippen molar-refractivity contribution in [2.45, 2.75) is 6.42 Å². The molecule has 0 fully saturated rings. The third-order valence-electron chi connectivity index (χ3n) is 2.59. The van der Waals surface area contributed by atoms with Crippen molar-refractivity contribution >= 4 is 45.8 Å². The number of halogens is 4. The third kappa shape index (κ3) is 3.67. The Morgan fingerprint density at radius 3 is 2.70 bits per heavy atom. The molecular weight excluding hydrogens is 399 g/mol. The number of rotatable bonds is 3. The smallest absolute Gasteiger partial charge is 0.228 e. The van der Waals surface area contributed by atoms with Gasteiger partial charge in [-0.3, -0.25) is 4.79 Å². The van der Waals surface area contributed by atoms with Crippen molar-refractivity contribution in [1.29, 1.82) is 0 Å². The second kappa shape index (κ2) is 6.49. The van der Waals surface area contributed by atoms with E-state index in [0.717, 1.165) is 9.64 Å². The number of carbonyl (C=O) groups is 1. The average Bonchev–Trinajstić information content (AvgIpc) is 2.38. The third-order valence-corrected chi connectivity index (χ3v) is 3.57. The number of amides is 1. The zero-order valence-corrected chi connectivity index (χ0v) is 13.0. The summed E-state index contributed by atoms with van der Waals surface area (Å²) in [4.78, 5) is 11.8. The fourth-order valence-electron chi connectivity index (χ4n) is 1.64. The first-order valence-corrected chi connectivity index (χ1v) is 7.11. The normalized spacial score (nSPS) is 10.4. The van der Waals surface area contributed by atoms with E-state index in [1.165, 1.54) is 12.1 Å². The van der Waals surface area contributed by atoms with Gasteiger partial charge in [0.2, 0.25) is 5.91 Å². The van der Waals surface area contributed by atoms with E-state index >= 15 is 0 Å². The maximum absolute atomic E-state index is 13.5. The van der Waals surface area contributed by atoms with Crippen LogP contribution < -0.4 is 5.32 Å². The minimum atomic E-state index is -1.00. The summed E-state index contributed by atoms with van der Waals surface area (Å²) in [5, 5.41) is 2.96. The average molecular weight is 408 g/mol. The summed E-state index contributed by atoms with van der Waals surface area (Å²) in [6, 6.07) is 8.87. The lowest BCUT2D eigenvalue weighted by atomic mass is 10.1. The molecule has 2 aromatic carbocycles. The number of anilines is 1. The summed E-state index contributed by atoms with van der Waals surface area (Å²) in [6.07, 6.45) is -0.258. The fraction of sp³-hybridized carbons (Fsp3) is 0.0714.